The zero-order valence-electron chi connectivity index (χ0n) is 10.0. The van der Waals surface area contributed by atoms with Crippen LogP contribution in [0.2, 0.25) is 0 Å². The first-order chi connectivity index (χ1) is 8.33. The number of aromatic nitrogens is 2. The fourth-order valence-corrected chi connectivity index (χ4v) is 2.63. The molecule has 2 heterocycles. The van der Waals surface area contributed by atoms with E-state index in [0.29, 0.717) is 0 Å². The Morgan fingerprint density at radius 1 is 1.53 bits per heavy atom. The van der Waals surface area contributed by atoms with E-state index in [1.807, 2.05) is 6.20 Å². The Morgan fingerprint density at radius 2 is 2.41 bits per heavy atom. The molecule has 3 nitrogen and oxygen atoms in total. The van der Waals surface area contributed by atoms with Gasteiger partial charge >= 0.3 is 0 Å². The number of imidazole rings is 1. The van der Waals surface area contributed by atoms with E-state index in [1.54, 1.807) is 11.3 Å². The molecule has 4 heteroatoms. The van der Waals surface area contributed by atoms with Crippen LogP contribution in [0.3, 0.4) is 0 Å². The molecule has 0 saturated heterocycles. The minimum Gasteiger partial charge on any atom is -0.327 e. The van der Waals surface area contributed by atoms with Gasteiger partial charge in [0.25, 0.3) is 0 Å². The highest BCUT2D eigenvalue weighted by molar-refractivity contribution is 7.07. The van der Waals surface area contributed by atoms with E-state index in [0.717, 1.165) is 25.0 Å². The van der Waals surface area contributed by atoms with Crippen molar-refractivity contribution in [3.63, 3.8) is 0 Å². The van der Waals surface area contributed by atoms with Crippen LogP contribution in [0.1, 0.15) is 29.9 Å². The molecule has 0 spiro atoms. The molecule has 0 atom stereocenters. The Kier molecular flexibility index (Phi) is 2.99. The molecule has 2 aromatic rings. The Morgan fingerprint density at radius 3 is 3.12 bits per heavy atom. The maximum atomic E-state index is 4.42. The number of thiophene rings is 1. The molecule has 90 valence electrons. The third kappa shape index (κ3) is 2.58. The van der Waals surface area contributed by atoms with Gasteiger partial charge in [-0.1, -0.05) is 0 Å². The number of rotatable bonds is 5. The molecule has 0 radical (unpaired) electrons. The molecule has 0 unspecified atom stereocenters. The van der Waals surface area contributed by atoms with E-state index in [-0.39, 0.29) is 0 Å². The number of hydrogen-bond acceptors (Lipinski definition) is 3. The Bertz CT molecular complexity index is 483. The second-order valence-corrected chi connectivity index (χ2v) is 5.45. The van der Waals surface area contributed by atoms with Gasteiger partial charge in [-0.2, -0.15) is 11.3 Å². The topological polar surface area (TPSA) is 29.9 Å². The molecule has 2 aromatic heterocycles. The van der Waals surface area contributed by atoms with Crippen molar-refractivity contribution in [1.82, 2.24) is 14.9 Å². The van der Waals surface area contributed by atoms with Crippen LogP contribution in [0.15, 0.2) is 23.0 Å². The van der Waals surface area contributed by atoms with Crippen LogP contribution in [0.5, 0.6) is 0 Å². The maximum absolute atomic E-state index is 4.42. The van der Waals surface area contributed by atoms with Crippen LogP contribution in [0.4, 0.5) is 0 Å². The fourth-order valence-electron chi connectivity index (χ4n) is 1.97. The lowest BCUT2D eigenvalue weighted by Crippen LogP contribution is -2.18. The summed E-state index contributed by atoms with van der Waals surface area (Å²) in [7, 11) is 0. The number of hydrogen-bond donors (Lipinski definition) is 1. The van der Waals surface area contributed by atoms with Crippen LogP contribution in [-0.4, -0.2) is 15.6 Å². The van der Waals surface area contributed by atoms with Gasteiger partial charge < -0.3 is 9.88 Å². The lowest BCUT2D eigenvalue weighted by Gasteiger charge is -2.09. The lowest BCUT2D eigenvalue weighted by atomic mass is 10.3. The predicted molar refractivity (Wildman–Crippen MR) is 70.2 cm³/mol. The molecule has 1 aliphatic carbocycles. The Labute approximate surface area is 106 Å². The normalized spacial score (nSPS) is 15.4. The molecule has 1 saturated carbocycles. The van der Waals surface area contributed by atoms with E-state index < -0.39 is 0 Å². The first-order valence-electron chi connectivity index (χ1n) is 6.08. The maximum Gasteiger partial charge on any atom is 0.106 e. The van der Waals surface area contributed by atoms with Crippen molar-refractivity contribution in [2.24, 2.45) is 0 Å². The summed E-state index contributed by atoms with van der Waals surface area (Å²) in [6.45, 7) is 3.96. The third-order valence-electron chi connectivity index (χ3n) is 3.21. The molecule has 0 bridgehead atoms. The molecule has 0 amide bonds. The minimum absolute atomic E-state index is 0.750. The van der Waals surface area contributed by atoms with Gasteiger partial charge in [0.15, 0.2) is 0 Å². The van der Waals surface area contributed by atoms with Crippen molar-refractivity contribution >= 4 is 11.3 Å². The summed E-state index contributed by atoms with van der Waals surface area (Å²) in [5.74, 6) is 1.10. The highest BCUT2D eigenvalue weighted by atomic mass is 32.1. The second-order valence-electron chi connectivity index (χ2n) is 4.67. The van der Waals surface area contributed by atoms with Crippen LogP contribution in [-0.2, 0) is 13.1 Å². The molecule has 17 heavy (non-hydrogen) atoms. The molecule has 0 aromatic carbocycles. The summed E-state index contributed by atoms with van der Waals surface area (Å²) in [5, 5.41) is 7.88. The molecular weight excluding hydrogens is 230 g/mol. The molecule has 1 aliphatic rings. The van der Waals surface area contributed by atoms with Gasteiger partial charge in [0.05, 0.1) is 5.69 Å². The van der Waals surface area contributed by atoms with Gasteiger partial charge in [0, 0.05) is 25.3 Å². The quantitative estimate of drug-likeness (QED) is 0.880. The lowest BCUT2D eigenvalue weighted by molar-refractivity contribution is 0.627. The summed E-state index contributed by atoms with van der Waals surface area (Å²) in [6, 6.07) is 2.93. The Hall–Kier alpha value is -1.13. The minimum atomic E-state index is 0.750. The average Bonchev–Trinajstić information content (AvgIpc) is 2.90. The van der Waals surface area contributed by atoms with Gasteiger partial charge in [-0.15, -0.1) is 0 Å². The van der Waals surface area contributed by atoms with E-state index in [2.05, 4.69) is 38.6 Å². The van der Waals surface area contributed by atoms with Crippen molar-refractivity contribution in [1.29, 1.82) is 0 Å². The zero-order chi connectivity index (χ0) is 11.7. The predicted octanol–water partition coefficient (Wildman–Crippen LogP) is 2.55. The molecule has 1 N–H and O–H groups in total. The smallest absolute Gasteiger partial charge is 0.106 e. The molecule has 1 fully saturated rings. The van der Waals surface area contributed by atoms with E-state index in [9.17, 15) is 0 Å². The highest BCUT2D eigenvalue weighted by Crippen LogP contribution is 2.20. The third-order valence-corrected chi connectivity index (χ3v) is 3.94. The number of aryl methyl sites for hydroxylation is 1. The zero-order valence-corrected chi connectivity index (χ0v) is 10.8. The molecule has 3 rings (SSSR count). The van der Waals surface area contributed by atoms with Gasteiger partial charge in [-0.3, -0.25) is 0 Å². The highest BCUT2D eigenvalue weighted by Gasteiger charge is 2.20. The van der Waals surface area contributed by atoms with Gasteiger partial charge in [0.2, 0.25) is 0 Å². The average molecular weight is 247 g/mol. The first kappa shape index (κ1) is 11.0. The van der Waals surface area contributed by atoms with Gasteiger partial charge in [-0.25, -0.2) is 4.98 Å². The summed E-state index contributed by atoms with van der Waals surface area (Å²) < 4.78 is 2.30. The van der Waals surface area contributed by atoms with Crippen molar-refractivity contribution in [3.05, 3.63) is 40.1 Å². The second kappa shape index (κ2) is 4.63. The standard InChI is InChI=1S/C13H17N3S/c1-10-14-6-13(7-15-12-2-3-12)16(10)8-11-4-5-17-9-11/h4-6,9,12,15H,2-3,7-8H2,1H3. The summed E-state index contributed by atoms with van der Waals surface area (Å²) in [5.41, 5.74) is 2.66. The van der Waals surface area contributed by atoms with Gasteiger partial charge in [-0.05, 0) is 42.2 Å². The fraction of sp³-hybridized carbons (Fsp3) is 0.462. The SMILES string of the molecule is Cc1ncc(CNC2CC2)n1Cc1ccsc1. The molecule has 0 aliphatic heterocycles. The summed E-state index contributed by atoms with van der Waals surface area (Å²) in [4.78, 5) is 4.42. The van der Waals surface area contributed by atoms with Gasteiger partial charge in [0.1, 0.15) is 5.82 Å². The largest absolute Gasteiger partial charge is 0.327 e. The van der Waals surface area contributed by atoms with Crippen molar-refractivity contribution in [2.45, 2.75) is 38.9 Å². The van der Waals surface area contributed by atoms with Crippen molar-refractivity contribution in [2.75, 3.05) is 0 Å². The van der Waals surface area contributed by atoms with Crippen LogP contribution in [0.25, 0.3) is 0 Å². The van der Waals surface area contributed by atoms with Crippen LogP contribution in [0, 0.1) is 6.92 Å². The van der Waals surface area contributed by atoms with Crippen LogP contribution >= 0.6 is 11.3 Å². The molecular formula is C13H17N3S. The van der Waals surface area contributed by atoms with E-state index in [1.165, 1.54) is 24.1 Å². The van der Waals surface area contributed by atoms with E-state index >= 15 is 0 Å². The monoisotopic (exact) mass is 247 g/mol. The van der Waals surface area contributed by atoms with Crippen molar-refractivity contribution < 1.29 is 0 Å². The Balaban J connectivity index is 1.74. The summed E-state index contributed by atoms with van der Waals surface area (Å²) in [6.07, 6.45) is 4.66. The first-order valence-corrected chi connectivity index (χ1v) is 7.02. The van der Waals surface area contributed by atoms with Crippen LogP contribution < -0.4 is 5.32 Å². The summed E-state index contributed by atoms with van der Waals surface area (Å²) >= 11 is 1.75. The number of nitrogens with zero attached hydrogens (tertiary/aromatic N) is 2. The number of nitrogens with one attached hydrogen (secondary N) is 1. The van der Waals surface area contributed by atoms with Crippen molar-refractivity contribution in [3.8, 4) is 0 Å². The van der Waals surface area contributed by atoms with E-state index in [4.69, 9.17) is 0 Å².